The first kappa shape index (κ1) is 13.6. The SMILES string of the molecule is Cc1cn2cc(-c3cncc(NCC4CC4)c3)cc(Cl)c2n1. The fraction of sp³-hybridized carbons (Fsp3) is 0.294. The molecule has 0 bridgehead atoms. The van der Waals surface area contributed by atoms with Crippen LogP contribution in [-0.4, -0.2) is 20.9 Å². The number of rotatable bonds is 4. The van der Waals surface area contributed by atoms with Crippen LogP contribution in [0.2, 0.25) is 5.02 Å². The molecular formula is C17H17ClN4. The Hall–Kier alpha value is -2.07. The Morgan fingerprint density at radius 2 is 2.09 bits per heavy atom. The minimum Gasteiger partial charge on any atom is -0.384 e. The number of pyridine rings is 2. The highest BCUT2D eigenvalue weighted by molar-refractivity contribution is 6.33. The van der Waals surface area contributed by atoms with E-state index in [0.29, 0.717) is 5.02 Å². The van der Waals surface area contributed by atoms with Gasteiger partial charge in [0.2, 0.25) is 0 Å². The monoisotopic (exact) mass is 312 g/mol. The van der Waals surface area contributed by atoms with Crippen molar-refractivity contribution in [2.24, 2.45) is 5.92 Å². The minimum atomic E-state index is 0.655. The Bertz CT molecular complexity index is 836. The quantitative estimate of drug-likeness (QED) is 0.786. The van der Waals surface area contributed by atoms with Crippen LogP contribution in [-0.2, 0) is 0 Å². The largest absolute Gasteiger partial charge is 0.384 e. The lowest BCUT2D eigenvalue weighted by molar-refractivity contribution is 0.888. The van der Waals surface area contributed by atoms with E-state index in [-0.39, 0.29) is 0 Å². The highest BCUT2D eigenvalue weighted by Gasteiger charge is 2.20. The Kier molecular flexibility index (Phi) is 3.26. The van der Waals surface area contributed by atoms with Gasteiger partial charge < -0.3 is 9.72 Å². The first-order chi connectivity index (χ1) is 10.7. The van der Waals surface area contributed by atoms with Crippen LogP contribution >= 0.6 is 11.6 Å². The second-order valence-electron chi connectivity index (χ2n) is 5.98. The van der Waals surface area contributed by atoms with Gasteiger partial charge in [-0.05, 0) is 37.8 Å². The molecule has 3 aromatic rings. The first-order valence-corrected chi connectivity index (χ1v) is 7.91. The molecular weight excluding hydrogens is 296 g/mol. The van der Waals surface area contributed by atoms with Crippen LogP contribution < -0.4 is 5.32 Å². The van der Waals surface area contributed by atoms with Crippen LogP contribution in [0.1, 0.15) is 18.5 Å². The second-order valence-corrected chi connectivity index (χ2v) is 6.38. The van der Waals surface area contributed by atoms with Crippen molar-refractivity contribution >= 4 is 22.9 Å². The Morgan fingerprint density at radius 1 is 1.23 bits per heavy atom. The van der Waals surface area contributed by atoms with Crippen LogP contribution in [0.15, 0.2) is 36.9 Å². The van der Waals surface area contributed by atoms with Gasteiger partial charge in [0.25, 0.3) is 0 Å². The van der Waals surface area contributed by atoms with E-state index in [9.17, 15) is 0 Å². The van der Waals surface area contributed by atoms with E-state index in [1.807, 2.05) is 42.2 Å². The normalized spacial score (nSPS) is 14.5. The third-order valence-electron chi connectivity index (χ3n) is 3.99. The molecule has 1 fully saturated rings. The lowest BCUT2D eigenvalue weighted by Gasteiger charge is -2.08. The number of fused-ring (bicyclic) bond motifs is 1. The molecule has 1 saturated carbocycles. The summed E-state index contributed by atoms with van der Waals surface area (Å²) in [4.78, 5) is 8.77. The topological polar surface area (TPSA) is 42.2 Å². The lowest BCUT2D eigenvalue weighted by atomic mass is 10.1. The van der Waals surface area contributed by atoms with Crippen molar-refractivity contribution in [1.29, 1.82) is 0 Å². The van der Waals surface area contributed by atoms with Gasteiger partial charge in [-0.25, -0.2) is 4.98 Å². The molecule has 5 heteroatoms. The molecule has 0 atom stereocenters. The number of nitrogens with one attached hydrogen (secondary N) is 1. The van der Waals surface area contributed by atoms with Gasteiger partial charge in [0.15, 0.2) is 5.65 Å². The molecule has 0 aliphatic heterocycles. The molecule has 1 N–H and O–H groups in total. The van der Waals surface area contributed by atoms with Crippen LogP contribution in [0.25, 0.3) is 16.8 Å². The summed E-state index contributed by atoms with van der Waals surface area (Å²) < 4.78 is 1.97. The number of hydrogen-bond acceptors (Lipinski definition) is 3. The number of nitrogens with zero attached hydrogens (tertiary/aromatic N) is 3. The van der Waals surface area contributed by atoms with E-state index < -0.39 is 0 Å². The van der Waals surface area contributed by atoms with Crippen LogP contribution in [0, 0.1) is 12.8 Å². The van der Waals surface area contributed by atoms with Gasteiger partial charge in [0.1, 0.15) is 0 Å². The smallest absolute Gasteiger partial charge is 0.155 e. The summed E-state index contributed by atoms with van der Waals surface area (Å²) in [5.74, 6) is 0.836. The second kappa shape index (κ2) is 5.29. The average molecular weight is 313 g/mol. The Balaban J connectivity index is 1.69. The van der Waals surface area contributed by atoms with E-state index in [0.717, 1.165) is 40.6 Å². The minimum absolute atomic E-state index is 0.655. The number of halogens is 1. The molecule has 22 heavy (non-hydrogen) atoms. The molecule has 0 aromatic carbocycles. The molecule has 3 aromatic heterocycles. The van der Waals surface area contributed by atoms with Gasteiger partial charge in [-0.3, -0.25) is 4.98 Å². The predicted octanol–water partition coefficient (Wildman–Crippen LogP) is 4.18. The zero-order valence-electron chi connectivity index (χ0n) is 12.4. The van der Waals surface area contributed by atoms with Crippen molar-refractivity contribution in [2.45, 2.75) is 19.8 Å². The Morgan fingerprint density at radius 3 is 2.91 bits per heavy atom. The summed E-state index contributed by atoms with van der Waals surface area (Å²) in [7, 11) is 0. The zero-order valence-corrected chi connectivity index (χ0v) is 13.1. The molecule has 4 nitrogen and oxygen atoms in total. The maximum Gasteiger partial charge on any atom is 0.155 e. The number of imidazole rings is 1. The lowest BCUT2D eigenvalue weighted by Crippen LogP contribution is -2.03. The average Bonchev–Trinajstić information content (AvgIpc) is 3.26. The van der Waals surface area contributed by atoms with Gasteiger partial charge in [-0.1, -0.05) is 11.6 Å². The molecule has 0 saturated heterocycles. The molecule has 0 unspecified atom stereocenters. The van der Waals surface area contributed by atoms with Crippen molar-refractivity contribution in [3.05, 3.63) is 47.6 Å². The molecule has 4 rings (SSSR count). The standard InChI is InChI=1S/C17H17ClN4/c1-11-9-22-10-14(5-16(18)17(22)21-11)13-4-15(8-19-7-13)20-6-12-2-3-12/h4-5,7-10,12,20H,2-3,6H2,1H3. The predicted molar refractivity (Wildman–Crippen MR) is 89.4 cm³/mol. The highest BCUT2D eigenvalue weighted by atomic mass is 35.5. The number of aryl methyl sites for hydroxylation is 1. The summed E-state index contributed by atoms with van der Waals surface area (Å²) in [6, 6.07) is 4.07. The molecule has 0 radical (unpaired) electrons. The molecule has 1 aliphatic carbocycles. The van der Waals surface area contributed by atoms with E-state index in [1.54, 1.807) is 0 Å². The van der Waals surface area contributed by atoms with E-state index in [2.05, 4.69) is 21.4 Å². The summed E-state index contributed by atoms with van der Waals surface area (Å²) in [6.07, 6.45) is 10.4. The highest BCUT2D eigenvalue weighted by Crippen LogP contribution is 2.30. The van der Waals surface area contributed by atoms with E-state index in [4.69, 9.17) is 11.6 Å². The third kappa shape index (κ3) is 2.66. The summed E-state index contributed by atoms with van der Waals surface area (Å²) in [6.45, 7) is 3.00. The molecule has 112 valence electrons. The van der Waals surface area contributed by atoms with Crippen LogP contribution in [0.3, 0.4) is 0 Å². The maximum atomic E-state index is 6.36. The number of hydrogen-bond donors (Lipinski definition) is 1. The van der Waals surface area contributed by atoms with E-state index in [1.165, 1.54) is 12.8 Å². The van der Waals surface area contributed by atoms with Gasteiger partial charge in [-0.2, -0.15) is 0 Å². The first-order valence-electron chi connectivity index (χ1n) is 7.53. The fourth-order valence-corrected chi connectivity index (χ4v) is 2.87. The van der Waals surface area contributed by atoms with Crippen molar-refractivity contribution in [2.75, 3.05) is 11.9 Å². The van der Waals surface area contributed by atoms with Crippen molar-refractivity contribution in [1.82, 2.24) is 14.4 Å². The number of anilines is 1. The Labute approximate surface area is 134 Å². The summed E-state index contributed by atoms with van der Waals surface area (Å²) in [5, 5.41) is 4.11. The molecule has 0 spiro atoms. The molecule has 0 amide bonds. The van der Waals surface area contributed by atoms with Gasteiger partial charge in [-0.15, -0.1) is 0 Å². The van der Waals surface area contributed by atoms with Gasteiger partial charge in [0, 0.05) is 42.5 Å². The van der Waals surface area contributed by atoms with Crippen LogP contribution in [0.4, 0.5) is 5.69 Å². The summed E-state index contributed by atoms with van der Waals surface area (Å²) >= 11 is 6.36. The van der Waals surface area contributed by atoms with Crippen molar-refractivity contribution in [3.63, 3.8) is 0 Å². The van der Waals surface area contributed by atoms with Gasteiger partial charge >= 0.3 is 0 Å². The maximum absolute atomic E-state index is 6.36. The van der Waals surface area contributed by atoms with Crippen molar-refractivity contribution < 1.29 is 0 Å². The zero-order chi connectivity index (χ0) is 15.1. The van der Waals surface area contributed by atoms with Crippen LogP contribution in [0.5, 0.6) is 0 Å². The molecule has 3 heterocycles. The number of aromatic nitrogens is 3. The summed E-state index contributed by atoms with van der Waals surface area (Å²) in [5.41, 5.74) is 4.90. The third-order valence-corrected chi connectivity index (χ3v) is 4.27. The fourth-order valence-electron chi connectivity index (χ4n) is 2.62. The van der Waals surface area contributed by atoms with Crippen molar-refractivity contribution in [3.8, 4) is 11.1 Å². The van der Waals surface area contributed by atoms with E-state index >= 15 is 0 Å². The molecule has 1 aliphatic rings. The van der Waals surface area contributed by atoms with Gasteiger partial charge in [0.05, 0.1) is 16.4 Å².